The van der Waals surface area contributed by atoms with Crippen LogP contribution in [0.1, 0.15) is 30.9 Å². The molecule has 2 aliphatic heterocycles. The molecule has 1 saturated carbocycles. The van der Waals surface area contributed by atoms with Crippen LogP contribution in [0.4, 0.5) is 13.2 Å². The Morgan fingerprint density at radius 1 is 1.30 bits per heavy atom. The minimum Gasteiger partial charge on any atom is -0.330 e. The van der Waals surface area contributed by atoms with E-state index in [0.717, 1.165) is 11.3 Å². The van der Waals surface area contributed by atoms with Crippen molar-refractivity contribution in [3.63, 3.8) is 0 Å². The van der Waals surface area contributed by atoms with Crippen LogP contribution in [0, 0.1) is 11.8 Å². The van der Waals surface area contributed by atoms with Crippen LogP contribution in [-0.4, -0.2) is 47.1 Å². The topological polar surface area (TPSA) is 57.3 Å². The summed E-state index contributed by atoms with van der Waals surface area (Å²) in [6, 6.07) is 0.955. The first kappa shape index (κ1) is 19.2. The van der Waals surface area contributed by atoms with Gasteiger partial charge in [0, 0.05) is 30.7 Å². The van der Waals surface area contributed by atoms with E-state index in [0.29, 0.717) is 35.1 Å². The van der Waals surface area contributed by atoms with E-state index in [-0.39, 0.29) is 17.9 Å². The number of aromatic nitrogens is 1. The van der Waals surface area contributed by atoms with Crippen LogP contribution in [-0.2, 0) is 4.79 Å². The fourth-order valence-electron chi connectivity index (χ4n) is 4.85. The van der Waals surface area contributed by atoms with E-state index in [1.165, 1.54) is 6.20 Å². The van der Waals surface area contributed by atoms with Gasteiger partial charge in [-0.15, -0.1) is 0 Å². The third-order valence-electron chi connectivity index (χ3n) is 5.93. The molecule has 3 aliphatic rings. The lowest BCUT2D eigenvalue weighted by molar-refractivity contribution is -0.178. The summed E-state index contributed by atoms with van der Waals surface area (Å²) in [6.45, 7) is -0.861. The lowest BCUT2D eigenvalue weighted by Gasteiger charge is -2.50. The van der Waals surface area contributed by atoms with Crippen molar-refractivity contribution in [3.05, 3.63) is 28.0 Å². The number of likely N-dealkylation sites (tertiary alicyclic amines) is 1. The Morgan fingerprint density at radius 2 is 2.07 bits per heavy atom. The number of nitrogens with zero attached hydrogens (tertiary/aromatic N) is 2. The van der Waals surface area contributed by atoms with Gasteiger partial charge in [-0.1, -0.05) is 23.2 Å². The molecule has 0 bridgehead atoms. The average molecular weight is 423 g/mol. The molecule has 0 aromatic carbocycles. The highest BCUT2D eigenvalue weighted by Gasteiger charge is 2.54. The number of alkyl halides is 3. The van der Waals surface area contributed by atoms with Gasteiger partial charge in [-0.25, -0.2) is 0 Å². The minimum absolute atomic E-state index is 0.0348. The van der Waals surface area contributed by atoms with E-state index in [4.69, 9.17) is 23.2 Å². The van der Waals surface area contributed by atoms with Crippen LogP contribution in [0.2, 0.25) is 10.0 Å². The summed E-state index contributed by atoms with van der Waals surface area (Å²) in [4.78, 5) is 18.1. The molecule has 0 spiro atoms. The molecule has 1 amide bonds. The van der Waals surface area contributed by atoms with E-state index < -0.39 is 30.6 Å². The van der Waals surface area contributed by atoms with Gasteiger partial charge in [0.1, 0.15) is 6.54 Å². The molecule has 1 aromatic rings. The van der Waals surface area contributed by atoms with Crippen LogP contribution < -0.4 is 10.9 Å². The molecule has 5 nitrogen and oxygen atoms in total. The predicted molar refractivity (Wildman–Crippen MR) is 94.3 cm³/mol. The smallest absolute Gasteiger partial charge is 0.330 e. The van der Waals surface area contributed by atoms with E-state index in [1.54, 1.807) is 6.07 Å². The van der Waals surface area contributed by atoms with Gasteiger partial charge < -0.3 is 4.90 Å². The van der Waals surface area contributed by atoms with Crippen molar-refractivity contribution in [3.8, 4) is 0 Å². The van der Waals surface area contributed by atoms with Crippen LogP contribution in [0.15, 0.2) is 12.3 Å². The maximum atomic E-state index is 13.2. The summed E-state index contributed by atoms with van der Waals surface area (Å²) in [5.74, 6) is -1.04. The number of carbonyl (C=O) groups excluding carboxylic acids is 1. The number of pyridine rings is 1. The Morgan fingerprint density at radius 3 is 2.78 bits per heavy atom. The van der Waals surface area contributed by atoms with Crippen LogP contribution in [0.5, 0.6) is 0 Å². The quantitative estimate of drug-likeness (QED) is 0.768. The molecule has 0 radical (unpaired) electrons. The molecule has 5 atom stereocenters. The fraction of sp³-hybridized carbons (Fsp3) is 0.647. The van der Waals surface area contributed by atoms with Crippen molar-refractivity contribution in [2.45, 2.75) is 43.4 Å². The number of fused-ring (bicyclic) bond motifs is 3. The normalized spacial score (nSPS) is 33.7. The summed E-state index contributed by atoms with van der Waals surface area (Å²) in [5, 5.41) is 0.821. The first-order valence-corrected chi connectivity index (χ1v) is 9.67. The van der Waals surface area contributed by atoms with E-state index in [2.05, 4.69) is 15.8 Å². The molecule has 3 heterocycles. The maximum absolute atomic E-state index is 13.2. The SMILES string of the molecule is O=C1C2CNNC2C2CCC(c3ncc(Cl)cc3Cl)CC2N1CC(F)(F)F. The first-order valence-electron chi connectivity index (χ1n) is 8.91. The largest absolute Gasteiger partial charge is 0.406 e. The summed E-state index contributed by atoms with van der Waals surface area (Å²) < 4.78 is 39.5. The Hall–Kier alpha value is -1.09. The zero-order valence-corrected chi connectivity index (χ0v) is 15.8. The van der Waals surface area contributed by atoms with Gasteiger partial charge in [-0.05, 0) is 31.2 Å². The van der Waals surface area contributed by atoms with E-state index >= 15 is 0 Å². The average Bonchev–Trinajstić information content (AvgIpc) is 3.07. The van der Waals surface area contributed by atoms with Gasteiger partial charge in [0.25, 0.3) is 0 Å². The van der Waals surface area contributed by atoms with E-state index in [9.17, 15) is 18.0 Å². The highest BCUT2D eigenvalue weighted by molar-refractivity contribution is 6.34. The summed E-state index contributed by atoms with van der Waals surface area (Å²) in [5.41, 5.74) is 6.69. The summed E-state index contributed by atoms with van der Waals surface area (Å²) in [7, 11) is 0. The highest BCUT2D eigenvalue weighted by atomic mass is 35.5. The van der Waals surface area contributed by atoms with Crippen molar-refractivity contribution in [2.75, 3.05) is 13.1 Å². The monoisotopic (exact) mass is 422 g/mol. The zero-order chi connectivity index (χ0) is 19.3. The molecule has 3 fully saturated rings. The molecular formula is C17H19Cl2F3N4O. The lowest BCUT2D eigenvalue weighted by Crippen LogP contribution is -2.63. The number of nitrogens with one attached hydrogen (secondary N) is 2. The second-order valence-corrected chi connectivity index (χ2v) is 8.34. The molecule has 2 saturated heterocycles. The zero-order valence-electron chi connectivity index (χ0n) is 14.3. The van der Waals surface area contributed by atoms with Gasteiger partial charge in [0.05, 0.1) is 21.7 Å². The number of piperidine rings is 1. The number of halogens is 5. The van der Waals surface area contributed by atoms with Gasteiger partial charge in [-0.2, -0.15) is 13.2 Å². The second-order valence-electron chi connectivity index (χ2n) is 7.50. The third kappa shape index (κ3) is 3.64. The maximum Gasteiger partial charge on any atom is 0.406 e. The standard InChI is InChI=1S/C17H19Cl2F3N4O/c18-9-4-12(19)14(23-5-9)8-1-2-10-13(3-8)26(7-17(20,21)22)16(27)11-6-24-25-15(10)11/h4-5,8,10-11,13,15,24-25H,1-3,6-7H2. The number of carbonyl (C=O) groups is 1. The molecule has 2 N–H and O–H groups in total. The molecular weight excluding hydrogens is 404 g/mol. The minimum atomic E-state index is -4.43. The third-order valence-corrected chi connectivity index (χ3v) is 6.44. The Labute approximate surface area is 164 Å². The second kappa shape index (κ2) is 7.06. The van der Waals surface area contributed by atoms with Crippen LogP contribution in [0.3, 0.4) is 0 Å². The lowest BCUT2D eigenvalue weighted by atomic mass is 9.68. The molecule has 1 aliphatic carbocycles. The van der Waals surface area contributed by atoms with Gasteiger partial charge in [0.2, 0.25) is 5.91 Å². The Kier molecular flexibility index (Phi) is 5.03. The molecule has 10 heteroatoms. The molecule has 4 rings (SSSR count). The Bertz CT molecular complexity index is 747. The first-order chi connectivity index (χ1) is 12.7. The van der Waals surface area contributed by atoms with Gasteiger partial charge in [-0.3, -0.25) is 20.6 Å². The molecule has 148 valence electrons. The van der Waals surface area contributed by atoms with Gasteiger partial charge in [0.15, 0.2) is 0 Å². The number of amides is 1. The fourth-order valence-corrected chi connectivity index (χ4v) is 5.38. The Balaban J connectivity index is 1.63. The van der Waals surface area contributed by atoms with Crippen molar-refractivity contribution in [2.24, 2.45) is 11.8 Å². The van der Waals surface area contributed by atoms with Crippen molar-refractivity contribution in [1.82, 2.24) is 20.7 Å². The molecule has 27 heavy (non-hydrogen) atoms. The summed E-state index contributed by atoms with van der Waals surface area (Å²) >= 11 is 12.2. The highest BCUT2D eigenvalue weighted by Crippen LogP contribution is 2.46. The van der Waals surface area contributed by atoms with Gasteiger partial charge >= 0.3 is 6.18 Å². The number of hydrogen-bond acceptors (Lipinski definition) is 4. The molecule has 5 unspecified atom stereocenters. The van der Waals surface area contributed by atoms with Crippen LogP contribution >= 0.6 is 23.2 Å². The predicted octanol–water partition coefficient (Wildman–Crippen LogP) is 3.14. The van der Waals surface area contributed by atoms with Crippen LogP contribution in [0.25, 0.3) is 0 Å². The van der Waals surface area contributed by atoms with Crippen molar-refractivity contribution in [1.29, 1.82) is 0 Å². The number of rotatable bonds is 2. The van der Waals surface area contributed by atoms with E-state index in [1.807, 2.05) is 0 Å². The number of hydrazine groups is 1. The summed E-state index contributed by atoms with van der Waals surface area (Å²) in [6.07, 6.45) is -1.07. The van der Waals surface area contributed by atoms with Crippen molar-refractivity contribution >= 4 is 29.1 Å². The number of hydrogen-bond donors (Lipinski definition) is 2. The molecule has 1 aromatic heterocycles. The van der Waals surface area contributed by atoms with Crippen molar-refractivity contribution < 1.29 is 18.0 Å².